The summed E-state index contributed by atoms with van der Waals surface area (Å²) in [6, 6.07) is 0. The number of carbonyl (C=O) groups excluding carboxylic acids is 2. The highest BCUT2D eigenvalue weighted by Crippen LogP contribution is 2.38. The minimum Gasteiger partial charge on any atom is -0.756 e. The van der Waals surface area contributed by atoms with Crippen LogP contribution in [0.3, 0.4) is 0 Å². The number of rotatable bonds is 47. The standard InChI is InChI=1S/C61H98NO8P/c1-6-8-10-12-14-16-18-19-20-21-22-23-24-25-26-27-28-29-30-31-32-33-34-35-36-37-38-39-40-41-42-43-44-46-48-50-52-54-61(64)70-59(58-69-71(65,66)68-56-55-62(3,4)5)57-67-60(63)53-51-49-47-45-17-15-13-11-9-7-2/h8,10-11,13-14,16,19-20,22-23,25-26,28-29,31-32,34-35,37-38,40-41,43-44,59H,6-7,9,12,15,17-18,21,24,27,30,33,36,39,42,45-58H2,1-5H3/b10-8-,13-11-,16-14-,20-19-,23-22-,26-25-,29-28-,32-31-,35-34-,38-37-,41-40-,44-43-. The third-order valence-corrected chi connectivity index (χ3v) is 11.5. The fourth-order valence-corrected chi connectivity index (χ4v) is 7.15. The summed E-state index contributed by atoms with van der Waals surface area (Å²) in [5.41, 5.74) is 0. The van der Waals surface area contributed by atoms with E-state index in [1.807, 2.05) is 21.1 Å². The molecule has 0 radical (unpaired) electrons. The van der Waals surface area contributed by atoms with Crippen LogP contribution < -0.4 is 4.89 Å². The average Bonchev–Trinajstić information content (AvgIpc) is 3.33. The second kappa shape index (κ2) is 50.8. The molecule has 2 atom stereocenters. The van der Waals surface area contributed by atoms with Crippen LogP contribution >= 0.6 is 7.82 Å². The molecule has 9 nitrogen and oxygen atoms in total. The maximum Gasteiger partial charge on any atom is 0.306 e. The van der Waals surface area contributed by atoms with Crippen LogP contribution in [-0.4, -0.2) is 70.0 Å². The van der Waals surface area contributed by atoms with Crippen molar-refractivity contribution in [1.82, 2.24) is 0 Å². The molecule has 0 spiro atoms. The van der Waals surface area contributed by atoms with Gasteiger partial charge in [0.1, 0.15) is 19.8 Å². The van der Waals surface area contributed by atoms with Crippen LogP contribution in [0.2, 0.25) is 0 Å². The molecule has 0 aliphatic rings. The molecule has 0 rings (SSSR count). The van der Waals surface area contributed by atoms with E-state index in [1.165, 1.54) is 6.42 Å². The number of hydrogen-bond acceptors (Lipinski definition) is 8. The Balaban J connectivity index is 4.22. The number of phosphoric ester groups is 1. The van der Waals surface area contributed by atoms with Crippen molar-refractivity contribution in [1.29, 1.82) is 0 Å². The zero-order valence-corrected chi connectivity index (χ0v) is 46.0. The number of ether oxygens (including phenoxy) is 2. The van der Waals surface area contributed by atoms with Crippen molar-refractivity contribution in [3.8, 4) is 0 Å². The quantitative estimate of drug-likeness (QED) is 0.0195. The summed E-state index contributed by atoms with van der Waals surface area (Å²) in [5, 5.41) is 0. The number of phosphoric acid groups is 1. The fraction of sp³-hybridized carbons (Fsp3) is 0.574. The number of carbonyl (C=O) groups is 2. The second-order valence-electron chi connectivity index (χ2n) is 18.5. The number of unbranched alkanes of at least 4 members (excludes halogenated alkanes) is 9. The van der Waals surface area contributed by atoms with Crippen LogP contribution in [0.5, 0.6) is 0 Å². The number of nitrogens with zero attached hydrogens (tertiary/aromatic N) is 1. The van der Waals surface area contributed by atoms with Crippen molar-refractivity contribution in [2.24, 2.45) is 0 Å². The number of hydrogen-bond donors (Lipinski definition) is 0. The van der Waals surface area contributed by atoms with Gasteiger partial charge in [0.2, 0.25) is 0 Å². The molecule has 0 saturated heterocycles. The van der Waals surface area contributed by atoms with Gasteiger partial charge in [-0.1, -0.05) is 192 Å². The molecule has 0 bridgehead atoms. The summed E-state index contributed by atoms with van der Waals surface area (Å²) in [6.07, 6.45) is 74.8. The number of allylic oxidation sites excluding steroid dienone is 24. The Kier molecular flexibility index (Phi) is 47.9. The Morgan fingerprint density at radius 1 is 0.451 bits per heavy atom. The predicted octanol–water partition coefficient (Wildman–Crippen LogP) is 16.1. The fourth-order valence-electron chi connectivity index (χ4n) is 6.42. The second-order valence-corrected chi connectivity index (χ2v) is 19.9. The van der Waals surface area contributed by atoms with Crippen LogP contribution in [0.4, 0.5) is 0 Å². The van der Waals surface area contributed by atoms with Gasteiger partial charge >= 0.3 is 11.9 Å². The maximum atomic E-state index is 12.7. The van der Waals surface area contributed by atoms with Gasteiger partial charge in [0.15, 0.2) is 6.10 Å². The van der Waals surface area contributed by atoms with Gasteiger partial charge in [-0.2, -0.15) is 0 Å². The summed E-state index contributed by atoms with van der Waals surface area (Å²) in [7, 11) is 1.11. The normalized spacial score (nSPS) is 14.5. The first-order valence-electron chi connectivity index (χ1n) is 27.0. The molecule has 0 N–H and O–H groups in total. The molecule has 2 unspecified atom stereocenters. The van der Waals surface area contributed by atoms with E-state index in [1.54, 1.807) is 0 Å². The summed E-state index contributed by atoms with van der Waals surface area (Å²) in [5.74, 6) is -0.900. The lowest BCUT2D eigenvalue weighted by molar-refractivity contribution is -0.870. The molecule has 0 fully saturated rings. The lowest BCUT2D eigenvalue weighted by atomic mass is 10.1. The van der Waals surface area contributed by atoms with E-state index in [-0.39, 0.29) is 26.1 Å². The summed E-state index contributed by atoms with van der Waals surface area (Å²) in [6.45, 7) is 3.96. The zero-order valence-electron chi connectivity index (χ0n) is 45.1. The first-order valence-corrected chi connectivity index (χ1v) is 28.5. The van der Waals surface area contributed by atoms with Gasteiger partial charge in [0, 0.05) is 12.8 Å². The van der Waals surface area contributed by atoms with Crippen molar-refractivity contribution in [2.75, 3.05) is 47.5 Å². The minimum absolute atomic E-state index is 0.0470. The van der Waals surface area contributed by atoms with Gasteiger partial charge in [0.05, 0.1) is 27.7 Å². The molecule has 400 valence electrons. The van der Waals surface area contributed by atoms with E-state index in [4.69, 9.17) is 18.5 Å². The molecular formula is C61H98NO8P. The van der Waals surface area contributed by atoms with Crippen molar-refractivity contribution in [3.05, 3.63) is 146 Å². The van der Waals surface area contributed by atoms with E-state index >= 15 is 0 Å². The molecule has 10 heteroatoms. The number of esters is 2. The van der Waals surface area contributed by atoms with Crippen molar-refractivity contribution in [2.45, 2.75) is 180 Å². The largest absolute Gasteiger partial charge is 0.756 e. The van der Waals surface area contributed by atoms with Crippen molar-refractivity contribution < 1.29 is 42.1 Å². The third-order valence-electron chi connectivity index (χ3n) is 10.6. The Morgan fingerprint density at radius 2 is 0.803 bits per heavy atom. The van der Waals surface area contributed by atoms with E-state index in [0.29, 0.717) is 23.9 Å². The van der Waals surface area contributed by atoms with Crippen molar-refractivity contribution >= 4 is 19.8 Å². The van der Waals surface area contributed by atoms with Crippen LogP contribution in [0.1, 0.15) is 174 Å². The molecule has 0 heterocycles. The van der Waals surface area contributed by atoms with E-state index in [0.717, 1.165) is 128 Å². The van der Waals surface area contributed by atoms with Gasteiger partial charge in [-0.15, -0.1) is 0 Å². The molecule has 0 aromatic carbocycles. The van der Waals surface area contributed by atoms with Crippen LogP contribution in [0.25, 0.3) is 0 Å². The monoisotopic (exact) mass is 1000 g/mol. The molecule has 0 aliphatic heterocycles. The van der Waals surface area contributed by atoms with E-state index in [9.17, 15) is 19.0 Å². The van der Waals surface area contributed by atoms with E-state index in [2.05, 4.69) is 160 Å². The summed E-state index contributed by atoms with van der Waals surface area (Å²) in [4.78, 5) is 37.6. The Morgan fingerprint density at radius 3 is 1.23 bits per heavy atom. The SMILES string of the molecule is CC/C=C\C/C=C\C/C=C\C/C=C\C/C=C\C/C=C\C/C=C\C/C=C\C/C=C\C/C=C\C/C=C\CCCCCC(=O)OC(COC(=O)CCCCCCC/C=C\CCC)COP(=O)([O-])OCC[N+](C)(C)C. The smallest absolute Gasteiger partial charge is 0.306 e. The summed E-state index contributed by atoms with van der Waals surface area (Å²) >= 11 is 0. The van der Waals surface area contributed by atoms with Gasteiger partial charge in [-0.25, -0.2) is 0 Å². The molecule has 0 amide bonds. The van der Waals surface area contributed by atoms with Crippen LogP contribution in [0, 0.1) is 0 Å². The maximum absolute atomic E-state index is 12.7. The van der Waals surface area contributed by atoms with Crippen LogP contribution in [-0.2, 0) is 32.7 Å². The highest BCUT2D eigenvalue weighted by molar-refractivity contribution is 7.45. The van der Waals surface area contributed by atoms with Gasteiger partial charge in [0.25, 0.3) is 7.82 Å². The molecule has 0 aromatic rings. The van der Waals surface area contributed by atoms with Gasteiger partial charge in [-0.3, -0.25) is 14.2 Å². The topological polar surface area (TPSA) is 111 Å². The predicted molar refractivity (Wildman–Crippen MR) is 300 cm³/mol. The number of likely N-dealkylation sites (N-methyl/N-ethyl adjacent to an activating group) is 1. The minimum atomic E-state index is -4.65. The molecular weight excluding hydrogens is 906 g/mol. The highest BCUT2D eigenvalue weighted by atomic mass is 31.2. The Labute approximate surface area is 433 Å². The first kappa shape index (κ1) is 66.9. The van der Waals surface area contributed by atoms with Gasteiger partial charge < -0.3 is 27.9 Å². The Hall–Kier alpha value is -4.11. The molecule has 0 saturated carbocycles. The molecule has 71 heavy (non-hydrogen) atoms. The average molecular weight is 1000 g/mol. The lowest BCUT2D eigenvalue weighted by Crippen LogP contribution is -2.37. The first-order chi connectivity index (χ1) is 34.5. The third kappa shape index (κ3) is 55.1. The molecule has 0 aliphatic carbocycles. The van der Waals surface area contributed by atoms with Crippen molar-refractivity contribution in [3.63, 3.8) is 0 Å². The van der Waals surface area contributed by atoms with E-state index < -0.39 is 32.5 Å². The Bertz CT molecular complexity index is 1700. The number of quaternary nitrogens is 1. The van der Waals surface area contributed by atoms with Gasteiger partial charge in [-0.05, 0) is 116 Å². The molecule has 0 aromatic heterocycles. The van der Waals surface area contributed by atoms with Crippen LogP contribution in [0.15, 0.2) is 146 Å². The lowest BCUT2D eigenvalue weighted by Gasteiger charge is -2.28. The highest BCUT2D eigenvalue weighted by Gasteiger charge is 2.21. The zero-order chi connectivity index (χ0) is 52.0. The summed E-state index contributed by atoms with van der Waals surface area (Å²) < 4.78 is 33.9.